The molecule has 68 valence electrons. The van der Waals surface area contributed by atoms with Gasteiger partial charge in [0.05, 0.1) is 5.35 Å². The molecule has 1 aromatic heterocycles. The minimum Gasteiger partial charge on any atom is -0.258 e. The fraction of sp³-hybridized carbons (Fsp3) is 0.400. The molecular weight excluding hydrogens is 162 g/mol. The van der Waals surface area contributed by atoms with Crippen LogP contribution in [0.4, 0.5) is 0 Å². The zero-order valence-electron chi connectivity index (χ0n) is 8.13. The lowest BCUT2D eigenvalue weighted by Gasteiger charge is -2.13. The Bertz CT molecular complexity index is 463. The molecule has 0 spiro atoms. The number of hydrogen-bond acceptors (Lipinski definition) is 2. The van der Waals surface area contributed by atoms with E-state index < -0.39 is 0 Å². The van der Waals surface area contributed by atoms with Crippen LogP contribution in [-0.2, 0) is 0 Å². The second kappa shape index (κ2) is 2.55. The van der Waals surface area contributed by atoms with Crippen molar-refractivity contribution in [3.8, 4) is 0 Å². The van der Waals surface area contributed by atoms with Gasteiger partial charge in [0.15, 0.2) is 0 Å². The Balaban J connectivity index is 2.78. The van der Waals surface area contributed by atoms with E-state index >= 15 is 0 Å². The first-order valence-electron chi connectivity index (χ1n) is 4.38. The second-order valence-electron chi connectivity index (χ2n) is 4.11. The van der Waals surface area contributed by atoms with E-state index in [4.69, 9.17) is 0 Å². The molecule has 0 aromatic carbocycles. The van der Waals surface area contributed by atoms with Gasteiger partial charge in [0.25, 0.3) is 0 Å². The van der Waals surface area contributed by atoms with E-state index in [-0.39, 0.29) is 5.41 Å². The number of rotatable bonds is 0. The molecule has 0 radical (unpaired) electrons. The Labute approximate surface area is 76.9 Å². The van der Waals surface area contributed by atoms with Crippen LogP contribution in [-0.4, -0.2) is 15.4 Å². The second-order valence-corrected chi connectivity index (χ2v) is 4.11. The first-order chi connectivity index (χ1) is 6.07. The molecule has 1 aliphatic carbocycles. The Hall–Kier alpha value is -1.38. The minimum absolute atomic E-state index is 0.0582. The number of nitrogens with one attached hydrogen (secondary N) is 1. The van der Waals surface area contributed by atoms with Gasteiger partial charge in [0.2, 0.25) is 0 Å². The Morgan fingerprint density at radius 1 is 1.31 bits per heavy atom. The summed E-state index contributed by atoms with van der Waals surface area (Å²) in [5.74, 6) is 0. The summed E-state index contributed by atoms with van der Waals surface area (Å²) in [7, 11) is 0. The number of aromatic nitrogens is 3. The maximum atomic E-state index is 4.02. The zero-order valence-corrected chi connectivity index (χ0v) is 8.13. The molecule has 0 amide bonds. The van der Waals surface area contributed by atoms with Crippen LogP contribution >= 0.6 is 0 Å². The summed E-state index contributed by atoms with van der Waals surface area (Å²) in [5, 5.41) is 12.6. The van der Waals surface area contributed by atoms with E-state index in [2.05, 4.69) is 54.4 Å². The highest BCUT2D eigenvalue weighted by Gasteiger charge is 2.13. The maximum Gasteiger partial charge on any atom is 0.109 e. The molecule has 0 atom stereocenters. The third-order valence-corrected chi connectivity index (χ3v) is 2.08. The van der Waals surface area contributed by atoms with E-state index in [1.54, 1.807) is 0 Å². The maximum absolute atomic E-state index is 4.02. The number of hydrogen-bond donors (Lipinski definition) is 1. The van der Waals surface area contributed by atoms with Gasteiger partial charge in [-0.1, -0.05) is 30.7 Å². The lowest BCUT2D eigenvalue weighted by atomic mass is 9.91. The summed E-state index contributed by atoms with van der Waals surface area (Å²) in [6.07, 6.45) is 6.42. The highest BCUT2D eigenvalue weighted by atomic mass is 15.3. The van der Waals surface area contributed by atoms with Gasteiger partial charge in [0, 0.05) is 5.41 Å². The van der Waals surface area contributed by atoms with Gasteiger partial charge < -0.3 is 0 Å². The number of aromatic amines is 1. The lowest BCUT2D eigenvalue weighted by molar-refractivity contribution is 0.664. The molecule has 13 heavy (non-hydrogen) atoms. The number of H-pyrrole nitrogens is 1. The average Bonchev–Trinajstić information content (AvgIpc) is 2.30. The first-order valence-corrected chi connectivity index (χ1v) is 4.38. The van der Waals surface area contributed by atoms with Gasteiger partial charge >= 0.3 is 0 Å². The van der Waals surface area contributed by atoms with Crippen molar-refractivity contribution in [2.24, 2.45) is 5.41 Å². The Morgan fingerprint density at radius 2 is 2.08 bits per heavy atom. The van der Waals surface area contributed by atoms with Crippen LogP contribution in [0.1, 0.15) is 20.8 Å². The van der Waals surface area contributed by atoms with E-state index in [1.807, 2.05) is 0 Å². The zero-order chi connectivity index (χ0) is 9.47. The van der Waals surface area contributed by atoms with E-state index in [0.717, 1.165) is 10.7 Å². The quantitative estimate of drug-likeness (QED) is 0.618. The third-order valence-electron chi connectivity index (χ3n) is 2.08. The Kier molecular flexibility index (Phi) is 1.62. The molecule has 0 unspecified atom stereocenters. The van der Waals surface area contributed by atoms with E-state index in [0.29, 0.717) is 0 Å². The van der Waals surface area contributed by atoms with Crippen LogP contribution < -0.4 is 10.7 Å². The standard InChI is InChI=1S/C10H13N3/c1-7-4-8-9(12-13-11-8)6-10(2,3)5-7/h4-6H,1-3H3,(H,11,12). The topological polar surface area (TPSA) is 41.6 Å². The predicted octanol–water partition coefficient (Wildman–Crippen LogP) is 0.352. The molecular formula is C10H13N3. The highest BCUT2D eigenvalue weighted by molar-refractivity contribution is 5.50. The summed E-state index contributed by atoms with van der Waals surface area (Å²) >= 11 is 0. The van der Waals surface area contributed by atoms with Crippen molar-refractivity contribution in [2.45, 2.75) is 20.8 Å². The molecule has 1 heterocycles. The van der Waals surface area contributed by atoms with Crippen LogP contribution in [0.2, 0.25) is 0 Å². The molecule has 1 N–H and O–H groups in total. The Morgan fingerprint density at radius 3 is 2.85 bits per heavy atom. The summed E-state index contributed by atoms with van der Waals surface area (Å²) < 4.78 is 0. The van der Waals surface area contributed by atoms with Crippen molar-refractivity contribution < 1.29 is 0 Å². The molecule has 0 aliphatic heterocycles. The molecule has 0 fully saturated rings. The lowest BCUT2D eigenvalue weighted by Crippen LogP contribution is -2.25. The van der Waals surface area contributed by atoms with Crippen molar-refractivity contribution in [1.29, 1.82) is 0 Å². The number of allylic oxidation sites excluding steroid dienone is 2. The van der Waals surface area contributed by atoms with Crippen molar-refractivity contribution in [1.82, 2.24) is 15.4 Å². The van der Waals surface area contributed by atoms with Crippen LogP contribution in [0.25, 0.3) is 12.2 Å². The van der Waals surface area contributed by atoms with Crippen molar-refractivity contribution in [3.05, 3.63) is 22.3 Å². The van der Waals surface area contributed by atoms with Crippen LogP contribution in [0.15, 0.2) is 11.6 Å². The molecule has 1 aromatic rings. The summed E-state index contributed by atoms with van der Waals surface area (Å²) in [6.45, 7) is 6.41. The van der Waals surface area contributed by atoms with E-state index in [9.17, 15) is 0 Å². The molecule has 0 bridgehead atoms. The molecule has 0 saturated heterocycles. The minimum atomic E-state index is 0.0582. The molecule has 2 rings (SSSR count). The van der Waals surface area contributed by atoms with Gasteiger partial charge in [-0.15, -0.1) is 5.10 Å². The SMILES string of the molecule is CC1=CC(C)(C)C=c2nn[nH]c2=C1. The highest BCUT2D eigenvalue weighted by Crippen LogP contribution is 2.21. The summed E-state index contributed by atoms with van der Waals surface area (Å²) in [4.78, 5) is 0. The summed E-state index contributed by atoms with van der Waals surface area (Å²) in [6, 6.07) is 0. The van der Waals surface area contributed by atoms with Gasteiger partial charge in [-0.3, -0.25) is 5.10 Å². The molecule has 1 aliphatic rings. The smallest absolute Gasteiger partial charge is 0.109 e. The fourth-order valence-electron chi connectivity index (χ4n) is 1.71. The van der Waals surface area contributed by atoms with Gasteiger partial charge in [0.1, 0.15) is 5.35 Å². The van der Waals surface area contributed by atoms with Crippen molar-refractivity contribution in [3.63, 3.8) is 0 Å². The average molecular weight is 175 g/mol. The van der Waals surface area contributed by atoms with Gasteiger partial charge in [-0.25, -0.2) is 0 Å². The number of nitrogens with zero attached hydrogens (tertiary/aromatic N) is 2. The van der Waals surface area contributed by atoms with E-state index in [1.165, 1.54) is 5.57 Å². The van der Waals surface area contributed by atoms with Crippen LogP contribution in [0.3, 0.4) is 0 Å². The molecule has 3 heteroatoms. The van der Waals surface area contributed by atoms with Gasteiger partial charge in [-0.2, -0.15) is 0 Å². The van der Waals surface area contributed by atoms with Crippen molar-refractivity contribution >= 4 is 12.2 Å². The fourth-order valence-corrected chi connectivity index (χ4v) is 1.71. The molecule has 0 saturated carbocycles. The normalized spacial score (nSPS) is 19.2. The summed E-state index contributed by atoms with van der Waals surface area (Å²) in [5.41, 5.74) is 1.30. The third kappa shape index (κ3) is 1.54. The van der Waals surface area contributed by atoms with Gasteiger partial charge in [-0.05, 0) is 19.1 Å². The van der Waals surface area contributed by atoms with Crippen LogP contribution in [0, 0.1) is 5.41 Å². The monoisotopic (exact) mass is 175 g/mol. The predicted molar refractivity (Wildman–Crippen MR) is 52.1 cm³/mol. The molecule has 3 nitrogen and oxygen atoms in total. The van der Waals surface area contributed by atoms with Crippen molar-refractivity contribution in [2.75, 3.05) is 0 Å². The number of fused-ring (bicyclic) bond motifs is 1. The largest absolute Gasteiger partial charge is 0.258 e. The van der Waals surface area contributed by atoms with Crippen LogP contribution in [0.5, 0.6) is 0 Å². The first kappa shape index (κ1) is 8.23.